The first-order valence-electron chi connectivity index (χ1n) is 11.6. The molecule has 0 aliphatic heterocycles. The smallest absolute Gasteiger partial charge is 0.337 e. The van der Waals surface area contributed by atoms with Crippen LogP contribution in [-0.4, -0.2) is 36.2 Å². The number of aliphatic hydroxyl groups is 1. The fourth-order valence-electron chi connectivity index (χ4n) is 5.16. The van der Waals surface area contributed by atoms with Crippen LogP contribution in [0.3, 0.4) is 0 Å². The van der Waals surface area contributed by atoms with Crippen LogP contribution in [0.4, 0.5) is 0 Å². The number of carbonyl (C=O) groups excluding carboxylic acids is 2. The molecule has 0 radical (unpaired) electrons. The molecule has 176 valence electrons. The third-order valence-corrected chi connectivity index (χ3v) is 7.24. The van der Waals surface area contributed by atoms with Crippen molar-refractivity contribution in [3.63, 3.8) is 0 Å². The Kier molecular flexibility index (Phi) is 8.45. The Morgan fingerprint density at radius 1 is 1.31 bits per heavy atom. The zero-order valence-corrected chi connectivity index (χ0v) is 20.3. The Bertz CT molecular complexity index is 843. The molecular formula is C26H36O5S. The molecule has 1 aromatic rings. The normalized spacial score (nSPS) is 23.4. The fourth-order valence-corrected chi connectivity index (χ4v) is 5.42. The van der Waals surface area contributed by atoms with Crippen molar-refractivity contribution in [3.8, 4) is 5.75 Å². The molecule has 3 rings (SSSR count). The number of hydrogen-bond donors (Lipinski definition) is 2. The van der Waals surface area contributed by atoms with Gasteiger partial charge in [0.2, 0.25) is 0 Å². The van der Waals surface area contributed by atoms with Gasteiger partial charge in [0.25, 0.3) is 0 Å². The molecule has 0 bridgehead atoms. The van der Waals surface area contributed by atoms with E-state index in [1.54, 1.807) is 12.1 Å². The van der Waals surface area contributed by atoms with E-state index < -0.39 is 12.1 Å². The molecule has 0 amide bonds. The van der Waals surface area contributed by atoms with Gasteiger partial charge in [-0.2, -0.15) is 12.6 Å². The van der Waals surface area contributed by atoms with Crippen molar-refractivity contribution >= 4 is 24.4 Å². The quantitative estimate of drug-likeness (QED) is 0.287. The maximum absolute atomic E-state index is 12.1. The molecule has 0 aromatic heterocycles. The van der Waals surface area contributed by atoms with E-state index in [2.05, 4.69) is 32.6 Å². The van der Waals surface area contributed by atoms with Crippen LogP contribution in [0.25, 0.3) is 0 Å². The summed E-state index contributed by atoms with van der Waals surface area (Å²) in [6.07, 6.45) is 9.25. The van der Waals surface area contributed by atoms with Gasteiger partial charge in [-0.1, -0.05) is 38.5 Å². The number of thiol groups is 1. The molecular weight excluding hydrogens is 424 g/mol. The molecule has 1 aromatic carbocycles. The first-order valence-corrected chi connectivity index (χ1v) is 12.3. The number of rotatable bonds is 10. The van der Waals surface area contributed by atoms with E-state index in [4.69, 9.17) is 9.47 Å². The van der Waals surface area contributed by atoms with Crippen molar-refractivity contribution in [3.05, 3.63) is 41.5 Å². The van der Waals surface area contributed by atoms with Crippen molar-refractivity contribution < 1.29 is 24.2 Å². The van der Waals surface area contributed by atoms with Gasteiger partial charge in [-0.05, 0) is 37.3 Å². The second-order valence-electron chi connectivity index (χ2n) is 9.73. The van der Waals surface area contributed by atoms with Crippen molar-refractivity contribution in [1.82, 2.24) is 0 Å². The minimum atomic E-state index is -0.584. The molecule has 1 unspecified atom stereocenters. The molecule has 2 aliphatic carbocycles. The van der Waals surface area contributed by atoms with Crippen molar-refractivity contribution in [2.24, 2.45) is 17.3 Å². The second-order valence-corrected chi connectivity index (χ2v) is 10.1. The second kappa shape index (κ2) is 10.9. The van der Waals surface area contributed by atoms with Gasteiger partial charge in [0.1, 0.15) is 17.6 Å². The van der Waals surface area contributed by atoms with Crippen molar-refractivity contribution in [2.75, 3.05) is 7.11 Å². The van der Waals surface area contributed by atoms with Gasteiger partial charge >= 0.3 is 5.97 Å². The van der Waals surface area contributed by atoms with Gasteiger partial charge in [0.05, 0.1) is 18.8 Å². The van der Waals surface area contributed by atoms with Crippen LogP contribution in [0.2, 0.25) is 0 Å². The minimum absolute atomic E-state index is 0.0596. The average Bonchev–Trinajstić information content (AvgIpc) is 3.06. The molecule has 6 heteroatoms. The molecule has 0 saturated heterocycles. The standard InChI is InChI=1S/C26H36O5S/c1-17(2)15-26(10-5-11-26)24(7-4-6-18-12-21(27)14-22(18)28)31-23-13-19(25(29)30-3)8-9-20(23)16-32/h4,6,8-9,13,17-18,22,24,28,32H,5,7,10-12,14-16H2,1-3H3/b6-4+/t18-,22-,24?/m1/s1. The fraction of sp³-hybridized carbons (Fsp3) is 0.615. The molecule has 2 aliphatic rings. The molecule has 32 heavy (non-hydrogen) atoms. The number of benzene rings is 1. The zero-order valence-electron chi connectivity index (χ0n) is 19.4. The first kappa shape index (κ1) is 24.8. The van der Waals surface area contributed by atoms with Crippen LogP contribution in [0.1, 0.15) is 74.7 Å². The molecule has 1 N–H and O–H groups in total. The van der Waals surface area contributed by atoms with E-state index in [1.807, 2.05) is 12.1 Å². The SMILES string of the molecule is COC(=O)c1ccc(CS)c(OC(C/C=C/[C@@H]2CC(=O)C[C@H]2O)C2(CC(C)C)CCC2)c1. The predicted molar refractivity (Wildman–Crippen MR) is 128 cm³/mol. The van der Waals surface area contributed by atoms with Crippen molar-refractivity contribution in [2.45, 2.75) is 76.8 Å². The predicted octanol–water partition coefficient (Wildman–Crippen LogP) is 5.15. The van der Waals surface area contributed by atoms with E-state index in [0.717, 1.165) is 24.8 Å². The Labute approximate surface area is 197 Å². The van der Waals surface area contributed by atoms with Gasteiger partial charge in [-0.3, -0.25) is 4.79 Å². The first-order chi connectivity index (χ1) is 15.3. The Balaban J connectivity index is 1.86. The van der Waals surface area contributed by atoms with Gasteiger partial charge in [0.15, 0.2) is 0 Å². The molecule has 2 saturated carbocycles. The highest BCUT2D eigenvalue weighted by atomic mass is 32.1. The average molecular weight is 461 g/mol. The van der Waals surface area contributed by atoms with Crippen LogP contribution < -0.4 is 4.74 Å². The lowest BCUT2D eigenvalue weighted by Gasteiger charge is -2.48. The highest BCUT2D eigenvalue weighted by Gasteiger charge is 2.45. The molecule has 3 atom stereocenters. The summed E-state index contributed by atoms with van der Waals surface area (Å²) in [6, 6.07) is 5.37. The number of aliphatic hydroxyl groups excluding tert-OH is 1. The Hall–Kier alpha value is -1.79. The highest BCUT2D eigenvalue weighted by molar-refractivity contribution is 7.79. The van der Waals surface area contributed by atoms with Crippen LogP contribution in [-0.2, 0) is 15.3 Å². The number of carbonyl (C=O) groups is 2. The number of ether oxygens (including phenoxy) is 2. The summed E-state index contributed by atoms with van der Waals surface area (Å²) in [4.78, 5) is 23.7. The Morgan fingerprint density at radius 3 is 2.59 bits per heavy atom. The van der Waals surface area contributed by atoms with Gasteiger partial charge in [-0.15, -0.1) is 0 Å². The zero-order chi connectivity index (χ0) is 23.3. The molecule has 5 nitrogen and oxygen atoms in total. The number of hydrogen-bond acceptors (Lipinski definition) is 6. The third-order valence-electron chi connectivity index (χ3n) is 6.90. The highest BCUT2D eigenvalue weighted by Crippen LogP contribution is 2.51. The number of esters is 1. The molecule has 2 fully saturated rings. The summed E-state index contributed by atoms with van der Waals surface area (Å²) < 4.78 is 11.5. The van der Waals surface area contributed by atoms with Crippen LogP contribution in [0, 0.1) is 17.3 Å². The summed E-state index contributed by atoms with van der Waals surface area (Å²) in [6.45, 7) is 4.48. The topological polar surface area (TPSA) is 72.8 Å². The van der Waals surface area contributed by atoms with Gasteiger partial charge in [0, 0.05) is 41.9 Å². The van der Waals surface area contributed by atoms with E-state index in [9.17, 15) is 14.7 Å². The van der Waals surface area contributed by atoms with Crippen LogP contribution >= 0.6 is 12.6 Å². The summed E-state index contributed by atoms with van der Waals surface area (Å²) in [5, 5.41) is 10.1. The Morgan fingerprint density at radius 2 is 2.06 bits per heavy atom. The lowest BCUT2D eigenvalue weighted by atomic mass is 9.60. The summed E-state index contributed by atoms with van der Waals surface area (Å²) >= 11 is 4.45. The van der Waals surface area contributed by atoms with E-state index in [1.165, 1.54) is 13.5 Å². The molecule has 0 heterocycles. The maximum atomic E-state index is 12.1. The summed E-state index contributed by atoms with van der Waals surface area (Å²) in [7, 11) is 1.37. The third kappa shape index (κ3) is 5.76. The van der Waals surface area contributed by atoms with E-state index in [0.29, 0.717) is 35.8 Å². The van der Waals surface area contributed by atoms with E-state index >= 15 is 0 Å². The molecule has 0 spiro atoms. The largest absolute Gasteiger partial charge is 0.489 e. The maximum Gasteiger partial charge on any atom is 0.337 e. The number of methoxy groups -OCH3 is 1. The van der Waals surface area contributed by atoms with Gasteiger partial charge in [-0.25, -0.2) is 4.79 Å². The van der Waals surface area contributed by atoms with Crippen LogP contribution in [0.5, 0.6) is 5.75 Å². The number of ketones is 1. The lowest BCUT2D eigenvalue weighted by Crippen LogP contribution is -2.45. The van der Waals surface area contributed by atoms with Gasteiger partial charge < -0.3 is 14.6 Å². The van der Waals surface area contributed by atoms with Crippen molar-refractivity contribution in [1.29, 1.82) is 0 Å². The minimum Gasteiger partial charge on any atom is -0.489 e. The summed E-state index contributed by atoms with van der Waals surface area (Å²) in [5.74, 6) is 1.34. The van der Waals surface area contributed by atoms with E-state index in [-0.39, 0.29) is 29.6 Å². The number of Topliss-reactive ketones (excluding diaryl/α,β-unsaturated/α-hetero) is 1. The lowest BCUT2D eigenvalue weighted by molar-refractivity contribution is -0.117. The monoisotopic (exact) mass is 460 g/mol. The van der Waals surface area contributed by atoms with Crippen LogP contribution in [0.15, 0.2) is 30.4 Å². The summed E-state index contributed by atoms with van der Waals surface area (Å²) in [5.41, 5.74) is 1.48.